The number of ether oxygens (including phenoxy) is 1. The van der Waals surface area contributed by atoms with Crippen molar-refractivity contribution in [3.05, 3.63) is 57.6 Å². The molecule has 124 valence electrons. The number of carbonyl (C=O) groups excluding carboxylic acids is 1. The second-order valence-corrected chi connectivity index (χ2v) is 6.26. The van der Waals surface area contributed by atoms with Gasteiger partial charge in [-0.2, -0.15) is 5.10 Å². The van der Waals surface area contributed by atoms with Gasteiger partial charge in [0, 0.05) is 12.4 Å². The monoisotopic (exact) mass is 361 g/mol. The lowest BCUT2D eigenvalue weighted by Gasteiger charge is -2.04. The number of H-pyrrole nitrogens is 1. The molecular weight excluding hydrogens is 346 g/mol. The summed E-state index contributed by atoms with van der Waals surface area (Å²) in [6.45, 7) is 0.218. The third kappa shape index (κ3) is 4.06. The van der Waals surface area contributed by atoms with Crippen LogP contribution in [0.3, 0.4) is 0 Å². The second kappa shape index (κ2) is 7.37. The zero-order valence-electron chi connectivity index (χ0n) is 12.9. The molecule has 0 atom stereocenters. The summed E-state index contributed by atoms with van der Waals surface area (Å²) in [5.41, 5.74) is 1.73. The molecule has 2 heterocycles. The first-order valence-corrected chi connectivity index (χ1v) is 8.43. The molecule has 0 aliphatic heterocycles. The molecule has 7 nitrogen and oxygen atoms in total. The SMILES string of the molecule is Cn1c(Cc2csc(NC(=O)OCc3ccccc3)n2)n[nH]c1=S. The Bertz CT molecular complexity index is 885. The minimum Gasteiger partial charge on any atom is -0.444 e. The maximum absolute atomic E-state index is 11.8. The van der Waals surface area contributed by atoms with E-state index < -0.39 is 6.09 Å². The standard InChI is InChI=1S/C15H15N5O2S2/c1-20-12(18-19-14(20)23)7-11-9-24-13(16-11)17-15(21)22-8-10-5-3-2-4-6-10/h2-6,9H,7-8H2,1H3,(H,19,23)(H,16,17,21). The summed E-state index contributed by atoms with van der Waals surface area (Å²) in [4.78, 5) is 16.2. The zero-order valence-corrected chi connectivity index (χ0v) is 14.5. The van der Waals surface area contributed by atoms with E-state index in [9.17, 15) is 4.79 Å². The Labute approximate surface area is 147 Å². The van der Waals surface area contributed by atoms with Gasteiger partial charge in [-0.05, 0) is 17.8 Å². The number of anilines is 1. The molecule has 9 heteroatoms. The highest BCUT2D eigenvalue weighted by Gasteiger charge is 2.10. The van der Waals surface area contributed by atoms with Crippen LogP contribution in [0.5, 0.6) is 0 Å². The molecule has 1 aromatic carbocycles. The number of nitrogens with zero attached hydrogens (tertiary/aromatic N) is 3. The minimum absolute atomic E-state index is 0.218. The summed E-state index contributed by atoms with van der Waals surface area (Å²) in [6.07, 6.45) is -0.00105. The molecule has 24 heavy (non-hydrogen) atoms. The molecule has 3 rings (SSSR count). The summed E-state index contributed by atoms with van der Waals surface area (Å²) >= 11 is 6.41. The van der Waals surface area contributed by atoms with Gasteiger partial charge in [0.15, 0.2) is 9.90 Å². The Morgan fingerprint density at radius 1 is 1.42 bits per heavy atom. The van der Waals surface area contributed by atoms with Crippen molar-refractivity contribution in [2.75, 3.05) is 5.32 Å². The Hall–Kier alpha value is -2.52. The highest BCUT2D eigenvalue weighted by atomic mass is 32.1. The number of thiazole rings is 1. The Morgan fingerprint density at radius 2 is 2.21 bits per heavy atom. The molecule has 0 saturated carbocycles. The van der Waals surface area contributed by atoms with Crippen LogP contribution in [0.1, 0.15) is 17.1 Å². The molecular formula is C15H15N5O2S2. The largest absolute Gasteiger partial charge is 0.444 e. The Balaban J connectivity index is 1.54. The van der Waals surface area contributed by atoms with Crippen LogP contribution in [-0.4, -0.2) is 25.8 Å². The molecule has 0 unspecified atom stereocenters. The predicted molar refractivity (Wildman–Crippen MR) is 93.6 cm³/mol. The first-order valence-electron chi connectivity index (χ1n) is 7.14. The number of nitrogens with one attached hydrogen (secondary N) is 2. The van der Waals surface area contributed by atoms with Crippen molar-refractivity contribution in [2.45, 2.75) is 13.0 Å². The van der Waals surface area contributed by atoms with Gasteiger partial charge in [0.25, 0.3) is 0 Å². The Kier molecular flexibility index (Phi) is 5.02. The fraction of sp³-hybridized carbons (Fsp3) is 0.200. The van der Waals surface area contributed by atoms with E-state index in [4.69, 9.17) is 17.0 Å². The molecule has 0 aliphatic carbocycles. The van der Waals surface area contributed by atoms with E-state index in [-0.39, 0.29) is 6.61 Å². The average molecular weight is 361 g/mol. The molecule has 0 fully saturated rings. The van der Waals surface area contributed by atoms with Gasteiger partial charge in [-0.15, -0.1) is 11.3 Å². The van der Waals surface area contributed by atoms with Crippen molar-refractivity contribution < 1.29 is 9.53 Å². The summed E-state index contributed by atoms with van der Waals surface area (Å²) in [5.74, 6) is 0.781. The van der Waals surface area contributed by atoms with Crippen LogP contribution in [0.25, 0.3) is 0 Å². The van der Waals surface area contributed by atoms with Crippen LogP contribution < -0.4 is 5.32 Å². The van der Waals surface area contributed by atoms with E-state index in [1.165, 1.54) is 11.3 Å². The number of carbonyl (C=O) groups is 1. The molecule has 0 spiro atoms. The van der Waals surface area contributed by atoms with E-state index in [2.05, 4.69) is 20.5 Å². The van der Waals surface area contributed by atoms with Crippen molar-refractivity contribution in [3.8, 4) is 0 Å². The lowest BCUT2D eigenvalue weighted by atomic mass is 10.2. The summed E-state index contributed by atoms with van der Waals surface area (Å²) in [7, 11) is 1.84. The highest BCUT2D eigenvalue weighted by molar-refractivity contribution is 7.71. The lowest BCUT2D eigenvalue weighted by Crippen LogP contribution is -2.13. The van der Waals surface area contributed by atoms with Gasteiger partial charge >= 0.3 is 6.09 Å². The molecule has 3 aromatic rings. The number of hydrogen-bond donors (Lipinski definition) is 2. The van der Waals surface area contributed by atoms with Gasteiger partial charge in [0.2, 0.25) is 0 Å². The topological polar surface area (TPSA) is 84.8 Å². The van der Waals surface area contributed by atoms with Crippen molar-refractivity contribution in [1.82, 2.24) is 19.7 Å². The van der Waals surface area contributed by atoms with Gasteiger partial charge < -0.3 is 9.30 Å². The number of amides is 1. The molecule has 1 amide bonds. The van der Waals surface area contributed by atoms with Gasteiger partial charge in [-0.25, -0.2) is 9.78 Å². The van der Waals surface area contributed by atoms with Gasteiger partial charge in [-0.1, -0.05) is 30.3 Å². The van der Waals surface area contributed by atoms with Gasteiger partial charge in [0.05, 0.1) is 12.1 Å². The second-order valence-electron chi connectivity index (χ2n) is 5.01. The first kappa shape index (κ1) is 16.3. The van der Waals surface area contributed by atoms with Gasteiger partial charge in [0.1, 0.15) is 12.4 Å². The predicted octanol–water partition coefficient (Wildman–Crippen LogP) is 3.27. The van der Waals surface area contributed by atoms with E-state index in [0.29, 0.717) is 16.3 Å². The molecule has 0 aliphatic rings. The fourth-order valence-corrected chi connectivity index (χ4v) is 2.84. The Morgan fingerprint density at radius 3 is 2.92 bits per heavy atom. The van der Waals surface area contributed by atoms with E-state index in [1.54, 1.807) is 4.57 Å². The van der Waals surface area contributed by atoms with Crippen LogP contribution in [0.2, 0.25) is 0 Å². The van der Waals surface area contributed by atoms with E-state index in [0.717, 1.165) is 17.1 Å². The number of aromatic amines is 1. The number of hydrogen-bond acceptors (Lipinski definition) is 6. The van der Waals surface area contributed by atoms with Crippen molar-refractivity contribution in [1.29, 1.82) is 0 Å². The minimum atomic E-state index is -0.530. The zero-order chi connectivity index (χ0) is 16.9. The van der Waals surface area contributed by atoms with Crippen molar-refractivity contribution >= 4 is 34.8 Å². The lowest BCUT2D eigenvalue weighted by molar-refractivity contribution is 0.155. The van der Waals surface area contributed by atoms with Crippen LogP contribution in [-0.2, 0) is 24.8 Å². The number of aromatic nitrogens is 4. The van der Waals surface area contributed by atoms with Crippen molar-refractivity contribution in [2.24, 2.45) is 7.05 Å². The van der Waals surface area contributed by atoms with E-state index >= 15 is 0 Å². The quantitative estimate of drug-likeness (QED) is 0.681. The first-order chi connectivity index (χ1) is 11.6. The van der Waals surface area contributed by atoms with E-state index in [1.807, 2.05) is 42.8 Å². The molecule has 0 bridgehead atoms. The average Bonchev–Trinajstić information content (AvgIpc) is 3.15. The van der Waals surface area contributed by atoms with Crippen LogP contribution >= 0.6 is 23.6 Å². The third-order valence-electron chi connectivity index (χ3n) is 3.29. The van der Waals surface area contributed by atoms with Crippen LogP contribution in [0.15, 0.2) is 35.7 Å². The summed E-state index contributed by atoms with van der Waals surface area (Å²) < 4.78 is 7.51. The summed E-state index contributed by atoms with van der Waals surface area (Å²) in [6, 6.07) is 9.49. The summed E-state index contributed by atoms with van der Waals surface area (Å²) in [5, 5.41) is 11.9. The molecule has 0 radical (unpaired) electrons. The maximum atomic E-state index is 11.8. The molecule has 2 N–H and O–H groups in total. The normalized spacial score (nSPS) is 10.5. The maximum Gasteiger partial charge on any atom is 0.413 e. The number of rotatable bonds is 5. The smallest absolute Gasteiger partial charge is 0.413 e. The van der Waals surface area contributed by atoms with Crippen LogP contribution in [0, 0.1) is 4.77 Å². The van der Waals surface area contributed by atoms with Gasteiger partial charge in [-0.3, -0.25) is 10.4 Å². The number of benzene rings is 1. The van der Waals surface area contributed by atoms with Crippen molar-refractivity contribution in [3.63, 3.8) is 0 Å². The fourth-order valence-electron chi connectivity index (χ4n) is 1.99. The highest BCUT2D eigenvalue weighted by Crippen LogP contribution is 2.18. The molecule has 2 aromatic heterocycles. The van der Waals surface area contributed by atoms with Crippen LogP contribution in [0.4, 0.5) is 9.93 Å². The molecule has 0 saturated heterocycles. The third-order valence-corrected chi connectivity index (χ3v) is 4.46.